The highest BCUT2D eigenvalue weighted by atomic mass is 16.5. The van der Waals surface area contributed by atoms with E-state index in [1.165, 1.54) is 0 Å². The number of fused-ring (bicyclic) bond motifs is 1. The lowest BCUT2D eigenvalue weighted by atomic mass is 10.2. The summed E-state index contributed by atoms with van der Waals surface area (Å²) in [5.41, 5.74) is 2.42. The van der Waals surface area contributed by atoms with Gasteiger partial charge in [0.1, 0.15) is 17.6 Å². The molecule has 0 N–H and O–H groups in total. The first kappa shape index (κ1) is 12.4. The van der Waals surface area contributed by atoms with Crippen LogP contribution < -0.4 is 4.74 Å². The van der Waals surface area contributed by atoms with E-state index >= 15 is 0 Å². The van der Waals surface area contributed by atoms with Gasteiger partial charge in [-0.25, -0.2) is 4.98 Å². The van der Waals surface area contributed by atoms with E-state index in [4.69, 9.17) is 4.74 Å². The molecule has 20 heavy (non-hydrogen) atoms. The van der Waals surface area contributed by atoms with Crippen molar-refractivity contribution in [3.8, 4) is 11.5 Å². The van der Waals surface area contributed by atoms with Gasteiger partial charge in [0, 0.05) is 16.6 Å². The van der Waals surface area contributed by atoms with Crippen LogP contribution in [0.15, 0.2) is 54.6 Å². The van der Waals surface area contributed by atoms with Gasteiger partial charge in [0.15, 0.2) is 5.75 Å². The molecule has 0 amide bonds. The second-order valence-electron chi connectivity index (χ2n) is 4.57. The van der Waals surface area contributed by atoms with Crippen LogP contribution >= 0.6 is 0 Å². The van der Waals surface area contributed by atoms with Crippen molar-refractivity contribution in [1.29, 1.82) is 0 Å². The number of hydrogen-bond donors (Lipinski definition) is 0. The van der Waals surface area contributed by atoms with Gasteiger partial charge in [-0.3, -0.25) is 4.79 Å². The number of aldehydes is 1. The van der Waals surface area contributed by atoms with Crippen LogP contribution in [-0.2, 0) is 0 Å². The van der Waals surface area contributed by atoms with E-state index in [9.17, 15) is 4.79 Å². The maximum Gasteiger partial charge on any atom is 0.153 e. The summed E-state index contributed by atoms with van der Waals surface area (Å²) >= 11 is 0. The fourth-order valence-corrected chi connectivity index (χ4v) is 2.04. The van der Waals surface area contributed by atoms with Gasteiger partial charge < -0.3 is 4.74 Å². The number of aryl methyl sites for hydroxylation is 1. The molecule has 0 aliphatic rings. The van der Waals surface area contributed by atoms with Crippen LogP contribution in [0.3, 0.4) is 0 Å². The Morgan fingerprint density at radius 3 is 2.55 bits per heavy atom. The minimum absolute atomic E-state index is 0.629. The molecule has 0 unspecified atom stereocenters. The molecule has 0 fully saturated rings. The second kappa shape index (κ2) is 5.13. The first-order valence-corrected chi connectivity index (χ1v) is 6.36. The Balaban J connectivity index is 2.01. The molecular weight excluding hydrogens is 250 g/mol. The minimum atomic E-state index is 0.629. The zero-order valence-electron chi connectivity index (χ0n) is 11.0. The normalized spacial score (nSPS) is 10.4. The average molecular weight is 263 g/mol. The predicted molar refractivity (Wildman–Crippen MR) is 78.4 cm³/mol. The SMILES string of the molecule is Cc1ccc2cccc(Oc3ccc(C=O)cc3)c2n1. The smallest absolute Gasteiger partial charge is 0.153 e. The number of carbonyl (C=O) groups excluding carboxylic acids is 1. The Bertz CT molecular complexity index is 764. The molecule has 0 bridgehead atoms. The van der Waals surface area contributed by atoms with Crippen LogP contribution in [-0.4, -0.2) is 11.3 Å². The van der Waals surface area contributed by atoms with Crippen LogP contribution in [0.1, 0.15) is 16.1 Å². The summed E-state index contributed by atoms with van der Waals surface area (Å²) in [6.07, 6.45) is 0.812. The topological polar surface area (TPSA) is 39.2 Å². The largest absolute Gasteiger partial charge is 0.455 e. The highest BCUT2D eigenvalue weighted by molar-refractivity contribution is 5.84. The predicted octanol–water partition coefficient (Wildman–Crippen LogP) is 4.15. The average Bonchev–Trinajstić information content (AvgIpc) is 2.49. The number of nitrogens with zero attached hydrogens (tertiary/aromatic N) is 1. The summed E-state index contributed by atoms with van der Waals surface area (Å²) in [6.45, 7) is 1.95. The van der Waals surface area contributed by atoms with Crippen molar-refractivity contribution in [2.45, 2.75) is 6.92 Å². The second-order valence-corrected chi connectivity index (χ2v) is 4.57. The molecule has 0 atom stereocenters. The van der Waals surface area contributed by atoms with E-state index in [2.05, 4.69) is 4.98 Å². The lowest BCUT2D eigenvalue weighted by molar-refractivity contribution is 0.112. The van der Waals surface area contributed by atoms with Crippen molar-refractivity contribution in [2.24, 2.45) is 0 Å². The first-order chi connectivity index (χ1) is 9.76. The third-order valence-corrected chi connectivity index (χ3v) is 3.07. The lowest BCUT2D eigenvalue weighted by Gasteiger charge is -2.09. The Morgan fingerprint density at radius 2 is 1.80 bits per heavy atom. The van der Waals surface area contributed by atoms with Gasteiger partial charge >= 0.3 is 0 Å². The molecule has 3 aromatic rings. The van der Waals surface area contributed by atoms with Gasteiger partial charge in [0.05, 0.1) is 0 Å². The molecule has 1 aromatic heterocycles. The Labute approximate surface area is 116 Å². The number of para-hydroxylation sites is 1. The van der Waals surface area contributed by atoms with E-state index in [-0.39, 0.29) is 0 Å². The van der Waals surface area contributed by atoms with Crippen molar-refractivity contribution in [3.63, 3.8) is 0 Å². The molecule has 3 nitrogen and oxygen atoms in total. The van der Waals surface area contributed by atoms with Crippen molar-refractivity contribution < 1.29 is 9.53 Å². The van der Waals surface area contributed by atoms with E-state index in [1.807, 2.05) is 37.3 Å². The van der Waals surface area contributed by atoms with Gasteiger partial charge in [0.25, 0.3) is 0 Å². The third kappa shape index (κ3) is 2.38. The Kier molecular flexibility index (Phi) is 3.17. The number of benzene rings is 2. The lowest BCUT2D eigenvalue weighted by Crippen LogP contribution is -1.90. The summed E-state index contributed by atoms with van der Waals surface area (Å²) in [6, 6.07) is 16.8. The van der Waals surface area contributed by atoms with Gasteiger partial charge in [-0.15, -0.1) is 0 Å². The molecule has 2 aromatic carbocycles. The monoisotopic (exact) mass is 263 g/mol. The van der Waals surface area contributed by atoms with Gasteiger partial charge in [-0.2, -0.15) is 0 Å². The van der Waals surface area contributed by atoms with E-state index in [0.29, 0.717) is 17.1 Å². The quantitative estimate of drug-likeness (QED) is 0.666. The summed E-state index contributed by atoms with van der Waals surface area (Å²) in [5.74, 6) is 1.40. The molecule has 0 radical (unpaired) electrons. The summed E-state index contributed by atoms with van der Waals surface area (Å²) in [5, 5.41) is 1.04. The molecule has 1 heterocycles. The first-order valence-electron chi connectivity index (χ1n) is 6.36. The van der Waals surface area contributed by atoms with Crippen LogP contribution in [0.2, 0.25) is 0 Å². The van der Waals surface area contributed by atoms with Crippen molar-refractivity contribution >= 4 is 17.2 Å². The number of pyridine rings is 1. The molecular formula is C17H13NO2. The van der Waals surface area contributed by atoms with Gasteiger partial charge in [0.2, 0.25) is 0 Å². The van der Waals surface area contributed by atoms with Gasteiger partial charge in [-0.05, 0) is 43.3 Å². The molecule has 98 valence electrons. The van der Waals surface area contributed by atoms with E-state index in [1.54, 1.807) is 24.3 Å². The summed E-state index contributed by atoms with van der Waals surface area (Å²) < 4.78 is 5.87. The van der Waals surface area contributed by atoms with E-state index in [0.717, 1.165) is 22.9 Å². The van der Waals surface area contributed by atoms with Crippen LogP contribution in [0.25, 0.3) is 10.9 Å². The van der Waals surface area contributed by atoms with Crippen molar-refractivity contribution in [1.82, 2.24) is 4.98 Å². The molecule has 0 aliphatic carbocycles. The highest BCUT2D eigenvalue weighted by Gasteiger charge is 2.05. The van der Waals surface area contributed by atoms with Crippen LogP contribution in [0, 0.1) is 6.92 Å². The Morgan fingerprint density at radius 1 is 1.00 bits per heavy atom. The Hall–Kier alpha value is -2.68. The van der Waals surface area contributed by atoms with Crippen molar-refractivity contribution in [3.05, 3.63) is 65.9 Å². The number of ether oxygens (including phenoxy) is 1. The molecule has 0 saturated carbocycles. The summed E-state index contributed by atoms with van der Waals surface area (Å²) in [4.78, 5) is 15.2. The molecule has 0 spiro atoms. The highest BCUT2D eigenvalue weighted by Crippen LogP contribution is 2.28. The molecule has 3 rings (SSSR count). The molecule has 0 saturated heterocycles. The van der Waals surface area contributed by atoms with Crippen LogP contribution in [0.4, 0.5) is 0 Å². The maximum absolute atomic E-state index is 10.6. The molecule has 3 heteroatoms. The standard InChI is InChI=1S/C17H13NO2/c1-12-5-8-14-3-2-4-16(17(14)18-12)20-15-9-6-13(11-19)7-10-15/h2-11H,1H3. The maximum atomic E-state index is 10.6. The van der Waals surface area contributed by atoms with Crippen molar-refractivity contribution in [2.75, 3.05) is 0 Å². The number of rotatable bonds is 3. The third-order valence-electron chi connectivity index (χ3n) is 3.07. The molecule has 0 aliphatic heterocycles. The fraction of sp³-hybridized carbons (Fsp3) is 0.0588. The number of carbonyl (C=O) groups is 1. The minimum Gasteiger partial charge on any atom is -0.455 e. The number of hydrogen-bond acceptors (Lipinski definition) is 3. The van der Waals surface area contributed by atoms with E-state index < -0.39 is 0 Å². The van der Waals surface area contributed by atoms with Crippen LogP contribution in [0.5, 0.6) is 11.5 Å². The zero-order chi connectivity index (χ0) is 13.9. The zero-order valence-corrected chi connectivity index (χ0v) is 11.0. The number of aromatic nitrogens is 1. The fourth-order valence-electron chi connectivity index (χ4n) is 2.04. The van der Waals surface area contributed by atoms with Gasteiger partial charge in [-0.1, -0.05) is 18.2 Å². The summed E-state index contributed by atoms with van der Waals surface area (Å²) in [7, 11) is 0.